The number of rotatable bonds is 3. The second-order valence-corrected chi connectivity index (χ2v) is 4.38. The lowest BCUT2D eigenvalue weighted by Crippen LogP contribution is -2.15. The molecule has 4 nitrogen and oxygen atoms in total. The van der Waals surface area contributed by atoms with Crippen LogP contribution in [0, 0.1) is 4.78 Å². The van der Waals surface area contributed by atoms with E-state index in [1.165, 1.54) is 0 Å². The summed E-state index contributed by atoms with van der Waals surface area (Å²) < 4.78 is 18.6. The fourth-order valence-corrected chi connectivity index (χ4v) is 1.95. The summed E-state index contributed by atoms with van der Waals surface area (Å²) in [7, 11) is -1.30. The monoisotopic (exact) mass is 199 g/mol. The molecule has 0 aliphatic rings. The van der Waals surface area contributed by atoms with Crippen LogP contribution in [0.2, 0.25) is 0 Å². The van der Waals surface area contributed by atoms with Gasteiger partial charge in [-0.3, -0.25) is 0 Å². The van der Waals surface area contributed by atoms with Crippen LogP contribution in [0.4, 0.5) is 0 Å². The van der Waals surface area contributed by atoms with Crippen LogP contribution in [0.15, 0.2) is 29.2 Å². The molecule has 5 heteroatoms. The summed E-state index contributed by atoms with van der Waals surface area (Å²) in [5.41, 5.74) is 0.813. The number of nitrogens with two attached hydrogens (primary N) is 1. The maximum absolute atomic E-state index is 11.3. The minimum absolute atomic E-state index is 0.407. The van der Waals surface area contributed by atoms with Gasteiger partial charge in [0.05, 0.1) is 4.90 Å². The summed E-state index contributed by atoms with van der Waals surface area (Å²) in [6.07, 6.45) is 0. The molecule has 0 aliphatic heterocycles. The fraction of sp³-hybridized carbons (Fsp3) is 0.250. The van der Waals surface area contributed by atoms with Crippen LogP contribution >= 0.6 is 0 Å². The Hall–Kier alpha value is -0.910. The van der Waals surface area contributed by atoms with Gasteiger partial charge in [-0.05, 0) is 18.7 Å². The first-order valence-corrected chi connectivity index (χ1v) is 5.47. The third-order valence-electron chi connectivity index (χ3n) is 1.67. The van der Waals surface area contributed by atoms with Crippen LogP contribution in [0.1, 0.15) is 5.56 Å². The molecule has 0 amide bonds. The Balaban J connectivity index is 3.20. The summed E-state index contributed by atoms with van der Waals surface area (Å²) in [6.45, 7) is 0.573. The van der Waals surface area contributed by atoms with E-state index in [9.17, 15) is 4.21 Å². The Bertz CT molecular complexity index is 386. The van der Waals surface area contributed by atoms with Gasteiger partial charge in [-0.25, -0.2) is 14.1 Å². The predicted molar refractivity (Wildman–Crippen MR) is 52.5 cm³/mol. The molecule has 72 valence electrons. The normalized spacial score (nSPS) is 15.2. The van der Waals surface area contributed by atoms with Crippen molar-refractivity contribution in [3.05, 3.63) is 29.8 Å². The highest BCUT2D eigenvalue weighted by molar-refractivity contribution is 7.90. The Kier molecular flexibility index (Phi) is 3.02. The van der Waals surface area contributed by atoms with E-state index in [-0.39, 0.29) is 0 Å². The van der Waals surface area contributed by atoms with Crippen LogP contribution in [-0.4, -0.2) is 11.3 Å². The van der Waals surface area contributed by atoms with Gasteiger partial charge in [0.1, 0.15) is 9.92 Å². The third kappa shape index (κ3) is 2.51. The molecule has 1 unspecified atom stereocenters. The Morgan fingerprint density at radius 2 is 2.15 bits per heavy atom. The first-order valence-electron chi connectivity index (χ1n) is 3.85. The molecule has 0 saturated carbocycles. The number of hydrogen-bond acceptors (Lipinski definition) is 3. The van der Waals surface area contributed by atoms with Crippen LogP contribution in [0.3, 0.4) is 0 Å². The van der Waals surface area contributed by atoms with Crippen molar-refractivity contribution in [1.29, 1.82) is 4.78 Å². The number of benzene rings is 1. The molecule has 0 saturated heterocycles. The van der Waals surface area contributed by atoms with E-state index < -0.39 is 9.92 Å². The van der Waals surface area contributed by atoms with Gasteiger partial charge in [-0.15, -0.1) is 0 Å². The quantitative estimate of drug-likeness (QED) is 0.669. The van der Waals surface area contributed by atoms with E-state index >= 15 is 0 Å². The summed E-state index contributed by atoms with van der Waals surface area (Å²) in [6, 6.07) is 7.01. The molecule has 1 rings (SSSR count). The lowest BCUT2D eigenvalue weighted by Gasteiger charge is -2.07. The minimum Gasteiger partial charge on any atom is -0.316 e. The first kappa shape index (κ1) is 10.2. The van der Waals surface area contributed by atoms with E-state index in [4.69, 9.17) is 9.92 Å². The van der Waals surface area contributed by atoms with Gasteiger partial charge in [-0.2, -0.15) is 0 Å². The molecule has 0 aromatic heterocycles. The molecular weight excluding hydrogens is 186 g/mol. The van der Waals surface area contributed by atoms with Crippen molar-refractivity contribution in [3.8, 4) is 0 Å². The van der Waals surface area contributed by atoms with Gasteiger partial charge in [0.2, 0.25) is 0 Å². The third-order valence-corrected chi connectivity index (χ3v) is 2.72. The molecule has 0 radical (unpaired) electrons. The first-order chi connectivity index (χ1) is 6.05. The van der Waals surface area contributed by atoms with Crippen molar-refractivity contribution >= 4 is 9.92 Å². The van der Waals surface area contributed by atoms with Gasteiger partial charge in [-0.1, -0.05) is 18.2 Å². The van der Waals surface area contributed by atoms with E-state index in [1.807, 2.05) is 12.1 Å². The lowest BCUT2D eigenvalue weighted by atomic mass is 10.2. The largest absolute Gasteiger partial charge is 0.316 e. The molecule has 1 aromatic rings. The molecule has 0 aliphatic carbocycles. The topological polar surface area (TPSA) is 79.0 Å². The number of hydrogen-bond donors (Lipinski definition) is 3. The van der Waals surface area contributed by atoms with Crippen molar-refractivity contribution in [1.82, 2.24) is 5.32 Å². The van der Waals surface area contributed by atoms with Crippen LogP contribution < -0.4 is 10.5 Å². The second-order valence-electron chi connectivity index (χ2n) is 2.74. The van der Waals surface area contributed by atoms with Gasteiger partial charge in [0.15, 0.2) is 0 Å². The standard InChI is InChI=1S/C8H13N3OS/c1-11-6-7-4-2-3-5-8(7)13(9,10)12/h2-5,11H,6H2,1H3,(H3,9,10,12). The zero-order valence-electron chi connectivity index (χ0n) is 7.41. The summed E-state index contributed by atoms with van der Waals surface area (Å²) in [5, 5.41) is 8.19. The highest BCUT2D eigenvalue weighted by Crippen LogP contribution is 2.13. The van der Waals surface area contributed by atoms with Crippen molar-refractivity contribution < 1.29 is 4.21 Å². The molecule has 0 fully saturated rings. The molecule has 1 aromatic carbocycles. The molecule has 0 spiro atoms. The van der Waals surface area contributed by atoms with Crippen molar-refractivity contribution in [2.75, 3.05) is 7.05 Å². The van der Waals surface area contributed by atoms with Gasteiger partial charge in [0.25, 0.3) is 0 Å². The highest BCUT2D eigenvalue weighted by atomic mass is 32.2. The molecule has 4 N–H and O–H groups in total. The van der Waals surface area contributed by atoms with Crippen LogP contribution in [-0.2, 0) is 16.5 Å². The Labute approximate surface area is 78.3 Å². The fourth-order valence-electron chi connectivity index (χ4n) is 1.14. The average Bonchev–Trinajstić information content (AvgIpc) is 2.04. The van der Waals surface area contributed by atoms with Crippen LogP contribution in [0.25, 0.3) is 0 Å². The SMILES string of the molecule is CNCc1ccccc1S(=N)(N)=O. The summed E-state index contributed by atoms with van der Waals surface area (Å²) in [5.74, 6) is 0. The molecular formula is C8H13N3OS. The highest BCUT2D eigenvalue weighted by Gasteiger charge is 2.08. The molecule has 1 atom stereocenters. The van der Waals surface area contributed by atoms with E-state index in [0.717, 1.165) is 5.56 Å². The van der Waals surface area contributed by atoms with E-state index in [2.05, 4.69) is 5.32 Å². The van der Waals surface area contributed by atoms with Gasteiger partial charge >= 0.3 is 0 Å². The van der Waals surface area contributed by atoms with Crippen molar-refractivity contribution in [3.63, 3.8) is 0 Å². The predicted octanol–water partition coefficient (Wildman–Crippen LogP) is 0.685. The molecule has 0 heterocycles. The lowest BCUT2D eigenvalue weighted by molar-refractivity contribution is 0.673. The van der Waals surface area contributed by atoms with E-state index in [0.29, 0.717) is 11.4 Å². The summed E-state index contributed by atoms with van der Waals surface area (Å²) >= 11 is 0. The second kappa shape index (κ2) is 3.87. The summed E-state index contributed by atoms with van der Waals surface area (Å²) in [4.78, 5) is 0.407. The zero-order chi connectivity index (χ0) is 9.90. The van der Waals surface area contributed by atoms with Gasteiger partial charge < -0.3 is 5.32 Å². The smallest absolute Gasteiger partial charge is 0.132 e. The molecule has 0 bridgehead atoms. The van der Waals surface area contributed by atoms with Crippen molar-refractivity contribution in [2.45, 2.75) is 11.4 Å². The van der Waals surface area contributed by atoms with E-state index in [1.54, 1.807) is 19.2 Å². The van der Waals surface area contributed by atoms with Crippen LogP contribution in [0.5, 0.6) is 0 Å². The molecule has 13 heavy (non-hydrogen) atoms. The minimum atomic E-state index is -3.10. The maximum atomic E-state index is 11.3. The Morgan fingerprint density at radius 1 is 1.54 bits per heavy atom. The Morgan fingerprint density at radius 3 is 2.69 bits per heavy atom. The van der Waals surface area contributed by atoms with Gasteiger partial charge in [0, 0.05) is 6.54 Å². The van der Waals surface area contributed by atoms with Crippen molar-refractivity contribution in [2.24, 2.45) is 5.14 Å². The maximum Gasteiger partial charge on any atom is 0.132 e. The zero-order valence-corrected chi connectivity index (χ0v) is 8.23. The number of nitrogens with one attached hydrogen (secondary N) is 2. The average molecular weight is 199 g/mol.